The van der Waals surface area contributed by atoms with Gasteiger partial charge in [0.25, 0.3) is 0 Å². The lowest BCUT2D eigenvalue weighted by molar-refractivity contribution is 0.203. The van der Waals surface area contributed by atoms with Crippen LogP contribution in [-0.4, -0.2) is 64.3 Å². The number of guanidine groups is 1. The zero-order valence-electron chi connectivity index (χ0n) is 12.6. The smallest absolute Gasteiger partial charge is 0.191 e. The molecule has 0 unspecified atom stereocenters. The van der Waals surface area contributed by atoms with Gasteiger partial charge in [0.1, 0.15) is 0 Å². The van der Waals surface area contributed by atoms with Crippen molar-refractivity contribution < 1.29 is 4.74 Å². The Morgan fingerprint density at radius 1 is 1.22 bits per heavy atom. The lowest BCUT2D eigenvalue weighted by atomic mass is 10.2. The third kappa shape index (κ3) is 9.24. The lowest BCUT2D eigenvalue weighted by Crippen LogP contribution is -2.39. The summed E-state index contributed by atoms with van der Waals surface area (Å²) < 4.78 is 4.98. The number of hydrogen-bond donors (Lipinski definition) is 2. The van der Waals surface area contributed by atoms with Crippen LogP contribution in [0.15, 0.2) is 4.99 Å². The van der Waals surface area contributed by atoms with E-state index in [4.69, 9.17) is 4.74 Å². The molecule has 0 aromatic rings. The van der Waals surface area contributed by atoms with Crippen molar-refractivity contribution in [3.63, 3.8) is 0 Å². The molecule has 0 aliphatic carbocycles. The first kappa shape index (κ1) is 17.2. The molecule has 0 radical (unpaired) electrons. The minimum Gasteiger partial charge on any atom is -0.383 e. The fraction of sp³-hybridized carbons (Fsp3) is 0.923. The zero-order valence-corrected chi connectivity index (χ0v) is 12.6. The Hall–Kier alpha value is -0.810. The molecular weight excluding hydrogens is 228 g/mol. The maximum absolute atomic E-state index is 4.98. The van der Waals surface area contributed by atoms with Crippen LogP contribution in [0.4, 0.5) is 0 Å². The Labute approximate surface area is 112 Å². The molecule has 0 atom stereocenters. The van der Waals surface area contributed by atoms with E-state index < -0.39 is 0 Å². The topological polar surface area (TPSA) is 48.9 Å². The zero-order chi connectivity index (χ0) is 13.8. The van der Waals surface area contributed by atoms with Crippen molar-refractivity contribution in [2.24, 2.45) is 4.99 Å². The average molecular weight is 258 g/mol. The maximum atomic E-state index is 4.98. The average Bonchev–Trinajstić information content (AvgIpc) is 2.36. The fourth-order valence-electron chi connectivity index (χ4n) is 1.44. The molecular formula is C13H30N4O. The second-order valence-corrected chi connectivity index (χ2v) is 4.70. The van der Waals surface area contributed by atoms with Crippen molar-refractivity contribution in [3.05, 3.63) is 0 Å². The Morgan fingerprint density at radius 3 is 2.44 bits per heavy atom. The number of unbranched alkanes of at least 4 members (excludes halogenated alkanes) is 1. The van der Waals surface area contributed by atoms with Crippen molar-refractivity contribution in [2.45, 2.75) is 32.7 Å². The molecule has 0 aliphatic heterocycles. The quantitative estimate of drug-likeness (QED) is 0.367. The van der Waals surface area contributed by atoms with Crippen LogP contribution < -0.4 is 10.6 Å². The predicted octanol–water partition coefficient (Wildman–Crippen LogP) is 0.918. The predicted molar refractivity (Wildman–Crippen MR) is 78.2 cm³/mol. The number of aliphatic imine (C=N–C) groups is 1. The molecule has 0 saturated heterocycles. The summed E-state index contributed by atoms with van der Waals surface area (Å²) in [5.74, 6) is 0.851. The molecule has 0 rings (SSSR count). The minimum absolute atomic E-state index is 0.626. The van der Waals surface area contributed by atoms with Gasteiger partial charge in [0, 0.05) is 33.3 Å². The monoisotopic (exact) mass is 258 g/mol. The Morgan fingerprint density at radius 2 is 1.89 bits per heavy atom. The Bertz CT molecular complexity index is 219. The van der Waals surface area contributed by atoms with Crippen molar-refractivity contribution in [1.82, 2.24) is 15.5 Å². The molecule has 0 aromatic carbocycles. The third-order valence-electron chi connectivity index (χ3n) is 2.93. The van der Waals surface area contributed by atoms with Gasteiger partial charge in [-0.3, -0.25) is 4.99 Å². The van der Waals surface area contributed by atoms with Crippen LogP contribution in [-0.2, 0) is 4.74 Å². The van der Waals surface area contributed by atoms with Gasteiger partial charge < -0.3 is 20.3 Å². The van der Waals surface area contributed by atoms with E-state index in [-0.39, 0.29) is 0 Å². The van der Waals surface area contributed by atoms with Gasteiger partial charge in [-0.05, 0) is 40.3 Å². The molecule has 0 fully saturated rings. The van der Waals surface area contributed by atoms with E-state index in [0.29, 0.717) is 12.6 Å². The number of methoxy groups -OCH3 is 1. The SMILES string of the molecule is CN=C(NCCCCN(C)C(C)C)NCCOC. The van der Waals surface area contributed by atoms with Gasteiger partial charge in [0.2, 0.25) is 0 Å². The van der Waals surface area contributed by atoms with Crippen LogP contribution in [0.1, 0.15) is 26.7 Å². The molecule has 5 nitrogen and oxygen atoms in total. The highest BCUT2D eigenvalue weighted by Gasteiger charge is 2.02. The normalized spacial score (nSPS) is 12.3. The van der Waals surface area contributed by atoms with E-state index in [1.54, 1.807) is 14.2 Å². The van der Waals surface area contributed by atoms with Gasteiger partial charge >= 0.3 is 0 Å². The standard InChI is InChI=1S/C13H30N4O/c1-12(2)17(4)10-7-6-8-15-13(14-3)16-9-11-18-5/h12H,6-11H2,1-5H3,(H2,14,15,16). The van der Waals surface area contributed by atoms with Crippen LogP contribution in [0.2, 0.25) is 0 Å². The Kier molecular flexibility index (Phi) is 10.8. The first-order valence-corrected chi connectivity index (χ1v) is 6.75. The van der Waals surface area contributed by atoms with Crippen molar-refractivity contribution in [3.8, 4) is 0 Å². The van der Waals surface area contributed by atoms with Crippen molar-refractivity contribution >= 4 is 5.96 Å². The highest BCUT2D eigenvalue weighted by atomic mass is 16.5. The van der Waals surface area contributed by atoms with Gasteiger partial charge in [0.15, 0.2) is 5.96 Å². The van der Waals surface area contributed by atoms with Crippen LogP contribution in [0.3, 0.4) is 0 Å². The van der Waals surface area contributed by atoms with Crippen molar-refractivity contribution in [1.29, 1.82) is 0 Å². The van der Waals surface area contributed by atoms with Gasteiger partial charge in [-0.1, -0.05) is 0 Å². The minimum atomic E-state index is 0.626. The molecule has 0 bridgehead atoms. The molecule has 0 spiro atoms. The molecule has 0 heterocycles. The Balaban J connectivity index is 3.51. The van der Waals surface area contributed by atoms with E-state index in [0.717, 1.165) is 32.0 Å². The van der Waals surface area contributed by atoms with Crippen LogP contribution in [0.5, 0.6) is 0 Å². The van der Waals surface area contributed by atoms with Gasteiger partial charge in [0.05, 0.1) is 6.61 Å². The van der Waals surface area contributed by atoms with E-state index in [2.05, 4.69) is 41.4 Å². The van der Waals surface area contributed by atoms with E-state index >= 15 is 0 Å². The molecule has 5 heteroatoms. The second kappa shape index (κ2) is 11.3. The number of nitrogens with one attached hydrogen (secondary N) is 2. The molecule has 0 aliphatic rings. The summed E-state index contributed by atoms with van der Waals surface area (Å²) in [5.41, 5.74) is 0. The molecule has 18 heavy (non-hydrogen) atoms. The maximum Gasteiger partial charge on any atom is 0.191 e. The van der Waals surface area contributed by atoms with Crippen LogP contribution >= 0.6 is 0 Å². The fourth-order valence-corrected chi connectivity index (χ4v) is 1.44. The van der Waals surface area contributed by atoms with E-state index in [1.165, 1.54) is 6.42 Å². The molecule has 0 saturated carbocycles. The summed E-state index contributed by atoms with van der Waals surface area (Å²) in [6, 6.07) is 0.626. The highest BCUT2D eigenvalue weighted by molar-refractivity contribution is 5.79. The second-order valence-electron chi connectivity index (χ2n) is 4.70. The number of rotatable bonds is 9. The summed E-state index contributed by atoms with van der Waals surface area (Å²) >= 11 is 0. The van der Waals surface area contributed by atoms with E-state index in [9.17, 15) is 0 Å². The molecule has 0 amide bonds. The lowest BCUT2D eigenvalue weighted by Gasteiger charge is -2.20. The summed E-state index contributed by atoms with van der Waals surface area (Å²) in [6.07, 6.45) is 2.36. The number of hydrogen-bond acceptors (Lipinski definition) is 3. The summed E-state index contributed by atoms with van der Waals surface area (Å²) in [5, 5.41) is 6.49. The largest absolute Gasteiger partial charge is 0.383 e. The highest BCUT2D eigenvalue weighted by Crippen LogP contribution is 1.97. The van der Waals surface area contributed by atoms with Gasteiger partial charge in [-0.2, -0.15) is 0 Å². The van der Waals surface area contributed by atoms with E-state index in [1.807, 2.05) is 0 Å². The molecule has 2 N–H and O–H groups in total. The number of nitrogens with zero attached hydrogens (tertiary/aromatic N) is 2. The van der Waals surface area contributed by atoms with Crippen molar-refractivity contribution in [2.75, 3.05) is 47.4 Å². The first-order valence-electron chi connectivity index (χ1n) is 6.75. The summed E-state index contributed by atoms with van der Waals surface area (Å²) in [4.78, 5) is 6.52. The summed E-state index contributed by atoms with van der Waals surface area (Å²) in [7, 11) is 5.65. The molecule has 0 aromatic heterocycles. The van der Waals surface area contributed by atoms with Crippen LogP contribution in [0.25, 0.3) is 0 Å². The van der Waals surface area contributed by atoms with Gasteiger partial charge in [-0.15, -0.1) is 0 Å². The van der Waals surface area contributed by atoms with Gasteiger partial charge in [-0.25, -0.2) is 0 Å². The van der Waals surface area contributed by atoms with Crippen LogP contribution in [0, 0.1) is 0 Å². The third-order valence-corrected chi connectivity index (χ3v) is 2.93. The molecule has 108 valence electrons. The first-order chi connectivity index (χ1) is 8.61. The summed E-state index contributed by atoms with van der Waals surface area (Å²) in [6.45, 7) is 8.03. The number of ether oxygens (including phenoxy) is 1.